The molecule has 1 heterocycles. The predicted octanol–water partition coefficient (Wildman–Crippen LogP) is 2.09. The fourth-order valence-electron chi connectivity index (χ4n) is 2.34. The van der Waals surface area contributed by atoms with Crippen LogP contribution in [0.3, 0.4) is 0 Å². The highest BCUT2D eigenvalue weighted by molar-refractivity contribution is 7.93. The second kappa shape index (κ2) is 5.38. The molecule has 2 aromatic carbocycles. The van der Waals surface area contributed by atoms with Gasteiger partial charge in [0.15, 0.2) is 0 Å². The van der Waals surface area contributed by atoms with Gasteiger partial charge in [-0.2, -0.15) is 0 Å². The van der Waals surface area contributed by atoms with E-state index in [1.807, 2.05) is 24.3 Å². The van der Waals surface area contributed by atoms with E-state index >= 15 is 0 Å². The summed E-state index contributed by atoms with van der Waals surface area (Å²) in [4.78, 5) is 0. The number of rotatable bonds is 3. The van der Waals surface area contributed by atoms with E-state index in [9.17, 15) is 8.42 Å². The van der Waals surface area contributed by atoms with Crippen LogP contribution < -0.4 is 14.4 Å². The number of nitrogens with zero attached hydrogens (tertiary/aromatic N) is 1. The number of nitrogens with one attached hydrogen (secondary N) is 1. The predicted molar refractivity (Wildman–Crippen MR) is 82.3 cm³/mol. The SMILES string of the molecule is CNCC1Oc2ccccc2N(c2ccccc2)S1(=O)=O. The van der Waals surface area contributed by atoms with Gasteiger partial charge < -0.3 is 10.1 Å². The summed E-state index contributed by atoms with van der Waals surface area (Å²) in [5.41, 5.74) is 0.197. The van der Waals surface area contributed by atoms with E-state index in [1.165, 1.54) is 4.31 Å². The van der Waals surface area contributed by atoms with Gasteiger partial charge in [-0.3, -0.25) is 0 Å². The zero-order chi connectivity index (χ0) is 14.9. The van der Waals surface area contributed by atoms with Crippen LogP contribution in [0.2, 0.25) is 0 Å². The van der Waals surface area contributed by atoms with E-state index < -0.39 is 15.5 Å². The Kier molecular flexibility index (Phi) is 3.57. The van der Waals surface area contributed by atoms with Gasteiger partial charge in [0.2, 0.25) is 5.44 Å². The van der Waals surface area contributed by atoms with Gasteiger partial charge in [-0.15, -0.1) is 0 Å². The summed E-state index contributed by atoms with van der Waals surface area (Å²) >= 11 is 0. The van der Waals surface area contributed by atoms with Crippen molar-refractivity contribution in [3.05, 3.63) is 54.6 Å². The molecule has 0 bridgehead atoms. The molecule has 0 spiro atoms. The number of fused-ring (bicyclic) bond motifs is 1. The summed E-state index contributed by atoms with van der Waals surface area (Å²) in [5, 5.41) is 2.87. The summed E-state index contributed by atoms with van der Waals surface area (Å²) in [7, 11) is -1.94. The van der Waals surface area contributed by atoms with Crippen molar-refractivity contribution in [1.82, 2.24) is 5.32 Å². The smallest absolute Gasteiger partial charge is 0.279 e. The first kappa shape index (κ1) is 13.9. The van der Waals surface area contributed by atoms with Crippen molar-refractivity contribution in [3.8, 4) is 5.75 Å². The highest BCUT2D eigenvalue weighted by Gasteiger charge is 2.40. The summed E-state index contributed by atoms with van der Waals surface area (Å²) in [6.07, 6.45) is 0. The van der Waals surface area contributed by atoms with Crippen LogP contribution in [0.5, 0.6) is 5.75 Å². The highest BCUT2D eigenvalue weighted by atomic mass is 32.2. The van der Waals surface area contributed by atoms with Crippen LogP contribution in [0.4, 0.5) is 11.4 Å². The van der Waals surface area contributed by atoms with E-state index in [-0.39, 0.29) is 6.54 Å². The second-order valence-electron chi connectivity index (χ2n) is 4.72. The van der Waals surface area contributed by atoms with Crippen molar-refractivity contribution in [3.63, 3.8) is 0 Å². The fourth-order valence-corrected chi connectivity index (χ4v) is 4.02. The Morgan fingerprint density at radius 1 is 1.10 bits per heavy atom. The monoisotopic (exact) mass is 304 g/mol. The molecule has 0 saturated carbocycles. The van der Waals surface area contributed by atoms with Crippen molar-refractivity contribution in [2.24, 2.45) is 0 Å². The molecule has 3 rings (SSSR count). The van der Waals surface area contributed by atoms with Gasteiger partial charge in [0.1, 0.15) is 5.75 Å². The lowest BCUT2D eigenvalue weighted by atomic mass is 10.2. The molecular weight excluding hydrogens is 288 g/mol. The Labute approximate surface area is 124 Å². The van der Waals surface area contributed by atoms with Crippen molar-refractivity contribution in [1.29, 1.82) is 0 Å². The maximum absolute atomic E-state index is 12.8. The summed E-state index contributed by atoms with van der Waals surface area (Å²) in [5.74, 6) is 0.566. The Morgan fingerprint density at radius 2 is 1.76 bits per heavy atom. The van der Waals surface area contributed by atoms with Gasteiger partial charge in [-0.1, -0.05) is 30.3 Å². The number of para-hydroxylation sites is 3. The summed E-state index contributed by atoms with van der Waals surface area (Å²) < 4.78 is 32.7. The second-order valence-corrected chi connectivity index (χ2v) is 6.64. The third-order valence-corrected chi connectivity index (χ3v) is 5.13. The maximum atomic E-state index is 12.8. The van der Waals surface area contributed by atoms with E-state index in [0.717, 1.165) is 0 Å². The Balaban J connectivity index is 2.19. The van der Waals surface area contributed by atoms with Gasteiger partial charge in [-0.05, 0) is 31.3 Å². The van der Waals surface area contributed by atoms with Crippen LogP contribution in [0.25, 0.3) is 0 Å². The van der Waals surface area contributed by atoms with Gasteiger partial charge >= 0.3 is 0 Å². The number of likely N-dealkylation sites (N-methyl/N-ethyl adjacent to an activating group) is 1. The lowest BCUT2D eigenvalue weighted by Gasteiger charge is -2.35. The van der Waals surface area contributed by atoms with Gasteiger partial charge in [0.05, 0.1) is 11.4 Å². The lowest BCUT2D eigenvalue weighted by molar-refractivity contribution is 0.266. The third kappa shape index (κ3) is 2.36. The molecule has 1 aliphatic heterocycles. The first-order chi connectivity index (χ1) is 10.1. The van der Waals surface area contributed by atoms with Crippen LogP contribution in [-0.4, -0.2) is 27.4 Å². The molecular formula is C15H16N2O3S. The molecule has 0 amide bonds. The molecule has 1 aliphatic rings. The molecule has 0 saturated heterocycles. The normalized spacial score (nSPS) is 19.7. The molecule has 110 valence electrons. The minimum absolute atomic E-state index is 0.222. The number of benzene rings is 2. The molecule has 0 aliphatic carbocycles. The minimum atomic E-state index is -3.64. The van der Waals surface area contributed by atoms with Crippen LogP contribution in [0.1, 0.15) is 0 Å². The molecule has 0 fully saturated rings. The van der Waals surface area contributed by atoms with E-state index in [1.54, 1.807) is 37.4 Å². The molecule has 1 N–H and O–H groups in total. The van der Waals surface area contributed by atoms with E-state index in [0.29, 0.717) is 17.1 Å². The Morgan fingerprint density at radius 3 is 2.48 bits per heavy atom. The average molecular weight is 304 g/mol. The van der Waals surface area contributed by atoms with Crippen molar-refractivity contribution in [2.45, 2.75) is 5.44 Å². The topological polar surface area (TPSA) is 58.6 Å². The molecule has 1 atom stereocenters. The molecule has 6 heteroatoms. The molecule has 0 aromatic heterocycles. The minimum Gasteiger partial charge on any atom is -0.469 e. The number of ether oxygens (including phenoxy) is 1. The van der Waals surface area contributed by atoms with Crippen molar-refractivity contribution in [2.75, 3.05) is 17.9 Å². The number of hydrogen-bond donors (Lipinski definition) is 1. The first-order valence-electron chi connectivity index (χ1n) is 6.64. The van der Waals surface area contributed by atoms with Gasteiger partial charge in [0, 0.05) is 6.54 Å². The molecule has 5 nitrogen and oxygen atoms in total. The molecule has 1 unspecified atom stereocenters. The zero-order valence-electron chi connectivity index (χ0n) is 11.6. The zero-order valence-corrected chi connectivity index (χ0v) is 12.4. The highest BCUT2D eigenvalue weighted by Crippen LogP contribution is 2.41. The third-order valence-electron chi connectivity index (χ3n) is 3.29. The van der Waals surface area contributed by atoms with E-state index in [4.69, 9.17) is 4.74 Å². The van der Waals surface area contributed by atoms with Crippen LogP contribution in [0.15, 0.2) is 54.6 Å². The molecule has 2 aromatic rings. The van der Waals surface area contributed by atoms with Crippen LogP contribution >= 0.6 is 0 Å². The largest absolute Gasteiger partial charge is 0.469 e. The number of anilines is 2. The van der Waals surface area contributed by atoms with Crippen LogP contribution in [-0.2, 0) is 10.0 Å². The number of hydrogen-bond acceptors (Lipinski definition) is 4. The van der Waals surface area contributed by atoms with E-state index in [2.05, 4.69) is 5.32 Å². The van der Waals surface area contributed by atoms with Gasteiger partial charge in [-0.25, -0.2) is 12.7 Å². The van der Waals surface area contributed by atoms with Crippen molar-refractivity contribution < 1.29 is 13.2 Å². The van der Waals surface area contributed by atoms with Crippen LogP contribution in [0, 0.1) is 0 Å². The maximum Gasteiger partial charge on any atom is 0.279 e. The molecule has 21 heavy (non-hydrogen) atoms. The summed E-state index contributed by atoms with van der Waals surface area (Å²) in [6, 6.07) is 16.2. The Bertz CT molecular complexity index is 732. The summed E-state index contributed by atoms with van der Waals surface area (Å²) in [6.45, 7) is 0.222. The van der Waals surface area contributed by atoms with Crippen molar-refractivity contribution >= 4 is 21.4 Å². The first-order valence-corrected chi connectivity index (χ1v) is 8.14. The lowest BCUT2D eigenvalue weighted by Crippen LogP contribution is -2.47. The average Bonchev–Trinajstić information content (AvgIpc) is 2.49. The molecule has 0 radical (unpaired) electrons. The van der Waals surface area contributed by atoms with Gasteiger partial charge in [0.25, 0.3) is 10.0 Å². The standard InChI is InChI=1S/C15H16N2O3S/c1-16-11-15-20-14-10-6-5-9-13(14)17(21(15,18)19)12-7-3-2-4-8-12/h2-10,15-16H,11H2,1H3. The quantitative estimate of drug-likeness (QED) is 0.943. The number of sulfonamides is 1. The Hall–Kier alpha value is -2.05. The fraction of sp³-hybridized carbons (Fsp3) is 0.200.